The molecule has 1 aliphatic rings. The van der Waals surface area contributed by atoms with Gasteiger partial charge in [-0.15, -0.1) is 0 Å². The van der Waals surface area contributed by atoms with Crippen LogP contribution in [-0.2, 0) is 4.74 Å². The highest BCUT2D eigenvalue weighted by molar-refractivity contribution is 5.09. The Bertz CT molecular complexity index is 200. The van der Waals surface area contributed by atoms with Crippen molar-refractivity contribution in [1.29, 1.82) is 5.26 Å². The topological polar surface area (TPSA) is 45.0 Å². The van der Waals surface area contributed by atoms with Crippen molar-refractivity contribution in [3.8, 4) is 6.07 Å². The highest BCUT2D eigenvalue weighted by atomic mass is 16.5. The third kappa shape index (κ3) is 2.68. The molecule has 0 bridgehead atoms. The van der Waals surface area contributed by atoms with Gasteiger partial charge in [-0.3, -0.25) is 5.32 Å². The van der Waals surface area contributed by atoms with Crippen molar-refractivity contribution >= 4 is 0 Å². The number of hydrogen-bond donors (Lipinski definition) is 1. The molecule has 0 radical (unpaired) electrons. The first-order valence-corrected chi connectivity index (χ1v) is 5.00. The maximum Gasteiger partial charge on any atom is 0.111 e. The van der Waals surface area contributed by atoms with E-state index in [1.54, 1.807) is 0 Å². The molecule has 1 saturated heterocycles. The molecule has 0 aromatic heterocycles. The Morgan fingerprint density at radius 2 is 2.46 bits per heavy atom. The number of rotatable bonds is 3. The van der Waals surface area contributed by atoms with Gasteiger partial charge in [0, 0.05) is 19.4 Å². The highest BCUT2D eigenvalue weighted by Gasteiger charge is 2.34. The molecule has 2 unspecified atom stereocenters. The Kier molecular flexibility index (Phi) is 3.71. The molecule has 3 heteroatoms. The molecule has 1 fully saturated rings. The fourth-order valence-electron chi connectivity index (χ4n) is 1.75. The molecule has 0 aliphatic carbocycles. The van der Waals surface area contributed by atoms with Crippen LogP contribution in [0.3, 0.4) is 0 Å². The van der Waals surface area contributed by atoms with E-state index in [1.165, 1.54) is 0 Å². The molecule has 13 heavy (non-hydrogen) atoms. The maximum absolute atomic E-state index is 9.12. The first-order valence-electron chi connectivity index (χ1n) is 5.00. The van der Waals surface area contributed by atoms with E-state index in [0.29, 0.717) is 6.61 Å². The zero-order chi connectivity index (χ0) is 9.73. The third-order valence-corrected chi connectivity index (χ3v) is 2.49. The summed E-state index contributed by atoms with van der Waals surface area (Å²) in [5.74, 6) is 0. The minimum absolute atomic E-state index is 0.206. The third-order valence-electron chi connectivity index (χ3n) is 2.49. The van der Waals surface area contributed by atoms with E-state index in [2.05, 4.69) is 18.3 Å². The van der Waals surface area contributed by atoms with E-state index in [0.717, 1.165) is 25.8 Å². The minimum Gasteiger partial charge on any atom is -0.378 e. The van der Waals surface area contributed by atoms with Gasteiger partial charge in [0.15, 0.2) is 0 Å². The molecule has 0 aromatic carbocycles. The standard InChI is InChI=1S/C10H18N2O/c1-3-5-12-10(8-11)4-6-13-9(2)7-10/h9,12H,3-7H2,1-2H3. The average molecular weight is 182 g/mol. The second-order valence-electron chi connectivity index (χ2n) is 3.76. The Labute approximate surface area is 80.1 Å². The number of nitriles is 1. The van der Waals surface area contributed by atoms with Gasteiger partial charge in [0.05, 0.1) is 12.2 Å². The van der Waals surface area contributed by atoms with Crippen molar-refractivity contribution in [2.24, 2.45) is 0 Å². The zero-order valence-electron chi connectivity index (χ0n) is 8.47. The first-order chi connectivity index (χ1) is 6.22. The van der Waals surface area contributed by atoms with Gasteiger partial charge in [0.2, 0.25) is 0 Å². The molecule has 0 saturated carbocycles. The van der Waals surface area contributed by atoms with Gasteiger partial charge < -0.3 is 4.74 Å². The van der Waals surface area contributed by atoms with E-state index in [9.17, 15) is 0 Å². The molecule has 1 heterocycles. The predicted molar refractivity (Wildman–Crippen MR) is 51.3 cm³/mol. The van der Waals surface area contributed by atoms with Crippen LogP contribution in [0.15, 0.2) is 0 Å². The van der Waals surface area contributed by atoms with Gasteiger partial charge in [0.25, 0.3) is 0 Å². The molecular formula is C10H18N2O. The fraction of sp³-hybridized carbons (Fsp3) is 0.900. The molecule has 1 N–H and O–H groups in total. The highest BCUT2D eigenvalue weighted by Crippen LogP contribution is 2.23. The van der Waals surface area contributed by atoms with Gasteiger partial charge in [-0.05, 0) is 19.9 Å². The van der Waals surface area contributed by atoms with Crippen LogP contribution < -0.4 is 5.32 Å². The van der Waals surface area contributed by atoms with Crippen LogP contribution in [0.1, 0.15) is 33.1 Å². The summed E-state index contributed by atoms with van der Waals surface area (Å²) in [4.78, 5) is 0. The lowest BCUT2D eigenvalue weighted by Gasteiger charge is -2.35. The van der Waals surface area contributed by atoms with Crippen LogP contribution in [0.2, 0.25) is 0 Å². The summed E-state index contributed by atoms with van der Waals surface area (Å²) in [6.07, 6.45) is 2.90. The fourth-order valence-corrected chi connectivity index (χ4v) is 1.75. The Balaban J connectivity index is 2.53. The van der Waals surface area contributed by atoms with Crippen LogP contribution >= 0.6 is 0 Å². The van der Waals surface area contributed by atoms with E-state index >= 15 is 0 Å². The predicted octanol–water partition coefficient (Wildman–Crippen LogP) is 1.45. The molecule has 3 nitrogen and oxygen atoms in total. The van der Waals surface area contributed by atoms with E-state index in [4.69, 9.17) is 10.00 Å². The SMILES string of the molecule is CCCNC1(C#N)CCOC(C)C1. The van der Waals surface area contributed by atoms with Crippen LogP contribution in [0, 0.1) is 11.3 Å². The molecule has 74 valence electrons. The summed E-state index contributed by atoms with van der Waals surface area (Å²) in [5.41, 5.74) is -0.326. The molecule has 2 atom stereocenters. The van der Waals surface area contributed by atoms with Gasteiger partial charge in [0.1, 0.15) is 5.54 Å². The summed E-state index contributed by atoms with van der Waals surface area (Å²) < 4.78 is 5.42. The molecular weight excluding hydrogens is 164 g/mol. The van der Waals surface area contributed by atoms with Gasteiger partial charge in [-0.2, -0.15) is 5.26 Å². The van der Waals surface area contributed by atoms with Crippen molar-refractivity contribution < 1.29 is 4.74 Å². The summed E-state index contributed by atoms with van der Waals surface area (Å²) in [6, 6.07) is 2.39. The first kappa shape index (κ1) is 10.5. The molecule has 0 amide bonds. The summed E-state index contributed by atoms with van der Waals surface area (Å²) in [7, 11) is 0. The number of nitrogens with one attached hydrogen (secondary N) is 1. The van der Waals surface area contributed by atoms with Gasteiger partial charge in [-0.25, -0.2) is 0 Å². The Hall–Kier alpha value is -0.590. The zero-order valence-corrected chi connectivity index (χ0v) is 8.47. The number of hydrogen-bond acceptors (Lipinski definition) is 3. The smallest absolute Gasteiger partial charge is 0.111 e. The maximum atomic E-state index is 9.12. The number of ether oxygens (including phenoxy) is 1. The molecule has 1 rings (SSSR count). The lowest BCUT2D eigenvalue weighted by molar-refractivity contribution is -0.00307. The summed E-state index contributed by atoms with van der Waals surface area (Å²) in [6.45, 7) is 5.76. The van der Waals surface area contributed by atoms with E-state index < -0.39 is 0 Å². The van der Waals surface area contributed by atoms with Crippen LogP contribution in [0.25, 0.3) is 0 Å². The van der Waals surface area contributed by atoms with E-state index in [1.807, 2.05) is 6.92 Å². The van der Waals surface area contributed by atoms with Crippen LogP contribution in [0.4, 0.5) is 0 Å². The van der Waals surface area contributed by atoms with E-state index in [-0.39, 0.29) is 11.6 Å². The molecule has 1 aliphatic heterocycles. The van der Waals surface area contributed by atoms with Crippen molar-refractivity contribution in [3.05, 3.63) is 0 Å². The average Bonchev–Trinajstić information content (AvgIpc) is 2.15. The Morgan fingerprint density at radius 3 is 3.00 bits per heavy atom. The van der Waals surface area contributed by atoms with Crippen molar-refractivity contribution in [2.45, 2.75) is 44.8 Å². The summed E-state index contributed by atoms with van der Waals surface area (Å²) in [5, 5.41) is 12.4. The van der Waals surface area contributed by atoms with Gasteiger partial charge in [-0.1, -0.05) is 6.92 Å². The van der Waals surface area contributed by atoms with Crippen LogP contribution in [0.5, 0.6) is 0 Å². The van der Waals surface area contributed by atoms with Crippen molar-refractivity contribution in [3.63, 3.8) is 0 Å². The normalized spacial score (nSPS) is 34.1. The lowest BCUT2D eigenvalue weighted by atomic mass is 9.88. The number of nitrogens with zero attached hydrogens (tertiary/aromatic N) is 1. The second kappa shape index (κ2) is 4.59. The quantitative estimate of drug-likeness (QED) is 0.718. The monoisotopic (exact) mass is 182 g/mol. The largest absolute Gasteiger partial charge is 0.378 e. The van der Waals surface area contributed by atoms with Crippen molar-refractivity contribution in [1.82, 2.24) is 5.32 Å². The van der Waals surface area contributed by atoms with Crippen LogP contribution in [-0.4, -0.2) is 24.8 Å². The molecule has 0 aromatic rings. The second-order valence-corrected chi connectivity index (χ2v) is 3.76. The lowest BCUT2D eigenvalue weighted by Crippen LogP contribution is -2.50. The van der Waals surface area contributed by atoms with Crippen molar-refractivity contribution in [2.75, 3.05) is 13.2 Å². The summed E-state index contributed by atoms with van der Waals surface area (Å²) >= 11 is 0. The molecule has 0 spiro atoms. The van der Waals surface area contributed by atoms with Gasteiger partial charge >= 0.3 is 0 Å². The minimum atomic E-state index is -0.326. The Morgan fingerprint density at radius 1 is 1.69 bits per heavy atom.